The van der Waals surface area contributed by atoms with Crippen LogP contribution in [0.4, 0.5) is 0 Å². The number of nitrogens with one attached hydrogen (secondary N) is 3. The van der Waals surface area contributed by atoms with Crippen molar-refractivity contribution in [2.75, 3.05) is 0 Å². The zero-order valence-corrected chi connectivity index (χ0v) is 14.6. The molecule has 0 fully saturated rings. The van der Waals surface area contributed by atoms with Crippen molar-refractivity contribution >= 4 is 28.3 Å². The van der Waals surface area contributed by atoms with Crippen LogP contribution in [0.15, 0.2) is 58.7 Å². The van der Waals surface area contributed by atoms with Crippen molar-refractivity contribution in [1.29, 1.82) is 0 Å². The summed E-state index contributed by atoms with van der Waals surface area (Å²) < 4.78 is 0. The van der Waals surface area contributed by atoms with Gasteiger partial charge in [-0.2, -0.15) is 0 Å². The van der Waals surface area contributed by atoms with E-state index in [1.807, 2.05) is 53.9 Å². The summed E-state index contributed by atoms with van der Waals surface area (Å²) >= 11 is 1.45. The molecule has 6 nitrogen and oxygen atoms in total. The predicted octanol–water partition coefficient (Wildman–Crippen LogP) is 2.84. The number of amides is 1. The van der Waals surface area contributed by atoms with Crippen LogP contribution in [0.3, 0.4) is 0 Å². The van der Waals surface area contributed by atoms with E-state index >= 15 is 0 Å². The Morgan fingerprint density at radius 1 is 1.08 bits per heavy atom. The zero-order chi connectivity index (χ0) is 17.9. The Morgan fingerprint density at radius 2 is 1.88 bits per heavy atom. The van der Waals surface area contributed by atoms with Gasteiger partial charge in [0, 0.05) is 17.5 Å². The van der Waals surface area contributed by atoms with Gasteiger partial charge in [-0.1, -0.05) is 36.4 Å². The Bertz CT molecular complexity index is 1110. The predicted molar refractivity (Wildman–Crippen MR) is 102 cm³/mol. The first kappa shape index (κ1) is 16.3. The summed E-state index contributed by atoms with van der Waals surface area (Å²) in [7, 11) is 0. The lowest BCUT2D eigenvalue weighted by atomic mass is 10.1. The van der Waals surface area contributed by atoms with Crippen LogP contribution < -0.4 is 11.0 Å². The highest BCUT2D eigenvalue weighted by Crippen LogP contribution is 2.24. The fourth-order valence-corrected chi connectivity index (χ4v) is 3.51. The molecule has 2 aromatic carbocycles. The summed E-state index contributed by atoms with van der Waals surface area (Å²) in [6, 6.07) is 15.4. The van der Waals surface area contributed by atoms with Crippen LogP contribution in [-0.2, 0) is 17.8 Å². The number of imidazole rings is 1. The maximum absolute atomic E-state index is 12.1. The normalized spacial score (nSPS) is 10.9. The Morgan fingerprint density at radius 3 is 2.73 bits per heavy atom. The number of carbonyl (C=O) groups is 1. The summed E-state index contributed by atoms with van der Waals surface area (Å²) in [6.45, 7) is 0.509. The SMILES string of the molecule is O=C(Cc1nc(-c2ccc3[nH]c(=O)[nH]c3c2)cs1)NCc1ccccc1. The number of thiazole rings is 1. The summed E-state index contributed by atoms with van der Waals surface area (Å²) in [5.41, 5.74) is 4.03. The molecule has 0 saturated carbocycles. The van der Waals surface area contributed by atoms with Gasteiger partial charge in [-0.25, -0.2) is 9.78 Å². The number of H-pyrrole nitrogens is 2. The van der Waals surface area contributed by atoms with Crippen LogP contribution in [-0.4, -0.2) is 20.9 Å². The fraction of sp³-hybridized carbons (Fsp3) is 0.105. The van der Waals surface area contributed by atoms with Crippen LogP contribution in [0.25, 0.3) is 22.3 Å². The highest BCUT2D eigenvalue weighted by atomic mass is 32.1. The molecule has 0 spiro atoms. The highest BCUT2D eigenvalue weighted by molar-refractivity contribution is 7.10. The van der Waals surface area contributed by atoms with Crippen molar-refractivity contribution < 1.29 is 4.79 Å². The molecule has 2 heterocycles. The van der Waals surface area contributed by atoms with Gasteiger partial charge in [-0.3, -0.25) is 4.79 Å². The molecule has 1 amide bonds. The molecule has 0 unspecified atom stereocenters. The number of aromatic nitrogens is 3. The molecule has 0 saturated heterocycles. The minimum absolute atomic E-state index is 0.0554. The fourth-order valence-electron chi connectivity index (χ4n) is 2.71. The summed E-state index contributed by atoms with van der Waals surface area (Å²) in [4.78, 5) is 33.5. The molecule has 3 N–H and O–H groups in total. The number of hydrogen-bond acceptors (Lipinski definition) is 4. The first-order chi connectivity index (χ1) is 12.7. The lowest BCUT2D eigenvalue weighted by Crippen LogP contribution is -2.24. The van der Waals surface area contributed by atoms with Gasteiger partial charge in [0.05, 0.1) is 23.1 Å². The molecule has 0 aliphatic heterocycles. The Labute approximate surface area is 152 Å². The van der Waals surface area contributed by atoms with Crippen molar-refractivity contribution in [2.24, 2.45) is 0 Å². The van der Waals surface area contributed by atoms with E-state index in [2.05, 4.69) is 20.3 Å². The van der Waals surface area contributed by atoms with Gasteiger partial charge < -0.3 is 15.3 Å². The van der Waals surface area contributed by atoms with Crippen LogP contribution in [0.5, 0.6) is 0 Å². The van der Waals surface area contributed by atoms with E-state index in [9.17, 15) is 9.59 Å². The van der Waals surface area contributed by atoms with E-state index < -0.39 is 0 Å². The van der Waals surface area contributed by atoms with Gasteiger partial charge in [0.1, 0.15) is 5.01 Å². The van der Waals surface area contributed by atoms with Crippen molar-refractivity contribution in [3.05, 3.63) is 75.0 Å². The number of carbonyl (C=O) groups excluding carboxylic acids is 1. The third-order valence-corrected chi connectivity index (χ3v) is 4.86. The summed E-state index contributed by atoms with van der Waals surface area (Å²) in [5.74, 6) is -0.0554. The van der Waals surface area contributed by atoms with Gasteiger partial charge in [-0.15, -0.1) is 11.3 Å². The number of benzene rings is 2. The number of hydrogen-bond donors (Lipinski definition) is 3. The second-order valence-corrected chi connectivity index (χ2v) is 6.85. The monoisotopic (exact) mass is 364 g/mol. The summed E-state index contributed by atoms with van der Waals surface area (Å²) in [5, 5.41) is 5.59. The lowest BCUT2D eigenvalue weighted by Gasteiger charge is -2.03. The first-order valence-corrected chi connectivity index (χ1v) is 9.03. The number of rotatable bonds is 5. The van der Waals surface area contributed by atoms with Crippen LogP contribution >= 0.6 is 11.3 Å². The van der Waals surface area contributed by atoms with Crippen molar-refractivity contribution in [2.45, 2.75) is 13.0 Å². The quantitative estimate of drug-likeness (QED) is 0.509. The van der Waals surface area contributed by atoms with Crippen LogP contribution in [0.2, 0.25) is 0 Å². The molecule has 7 heteroatoms. The first-order valence-electron chi connectivity index (χ1n) is 8.15. The van der Waals surface area contributed by atoms with Crippen LogP contribution in [0.1, 0.15) is 10.6 Å². The molecule has 0 atom stereocenters. The number of fused-ring (bicyclic) bond motifs is 1. The van der Waals surface area contributed by atoms with E-state index in [0.717, 1.165) is 32.9 Å². The largest absolute Gasteiger partial charge is 0.352 e. The minimum Gasteiger partial charge on any atom is -0.352 e. The maximum Gasteiger partial charge on any atom is 0.323 e. The van der Waals surface area contributed by atoms with Crippen molar-refractivity contribution in [1.82, 2.24) is 20.3 Å². The second-order valence-electron chi connectivity index (χ2n) is 5.91. The molecule has 4 rings (SSSR count). The van der Waals surface area contributed by atoms with E-state index in [-0.39, 0.29) is 18.0 Å². The molecule has 130 valence electrons. The lowest BCUT2D eigenvalue weighted by molar-refractivity contribution is -0.120. The minimum atomic E-state index is -0.230. The molecule has 4 aromatic rings. The molecule has 0 radical (unpaired) electrons. The summed E-state index contributed by atoms with van der Waals surface area (Å²) in [6.07, 6.45) is 0.251. The Balaban J connectivity index is 1.43. The van der Waals surface area contributed by atoms with Crippen molar-refractivity contribution in [3.8, 4) is 11.3 Å². The zero-order valence-electron chi connectivity index (χ0n) is 13.8. The molecular weight excluding hydrogens is 348 g/mol. The highest BCUT2D eigenvalue weighted by Gasteiger charge is 2.10. The van der Waals surface area contributed by atoms with Gasteiger partial charge >= 0.3 is 5.69 Å². The third kappa shape index (κ3) is 3.57. The number of aromatic amines is 2. The van der Waals surface area contributed by atoms with Gasteiger partial charge in [-0.05, 0) is 17.7 Å². The van der Waals surface area contributed by atoms with E-state index in [1.54, 1.807) is 0 Å². The molecule has 0 aliphatic carbocycles. The second kappa shape index (κ2) is 6.97. The Hall–Kier alpha value is -3.19. The topological polar surface area (TPSA) is 90.6 Å². The van der Waals surface area contributed by atoms with Gasteiger partial charge in [0.15, 0.2) is 0 Å². The van der Waals surface area contributed by atoms with Crippen molar-refractivity contribution in [3.63, 3.8) is 0 Å². The maximum atomic E-state index is 12.1. The van der Waals surface area contributed by atoms with E-state index in [4.69, 9.17) is 0 Å². The third-order valence-electron chi connectivity index (χ3n) is 4.01. The molecule has 0 bridgehead atoms. The van der Waals surface area contributed by atoms with E-state index in [0.29, 0.717) is 6.54 Å². The smallest absolute Gasteiger partial charge is 0.323 e. The standard InChI is InChI=1S/C19H16N4O2S/c24-17(20-10-12-4-2-1-3-5-12)9-18-21-16(11-26-18)13-6-7-14-15(8-13)23-19(25)22-14/h1-8,11H,9-10H2,(H,20,24)(H2,22,23,25). The molecular formula is C19H16N4O2S. The van der Waals surface area contributed by atoms with Gasteiger partial charge in [0.25, 0.3) is 0 Å². The average molecular weight is 364 g/mol. The van der Waals surface area contributed by atoms with Gasteiger partial charge in [0.2, 0.25) is 5.91 Å². The van der Waals surface area contributed by atoms with Crippen LogP contribution in [0, 0.1) is 0 Å². The molecule has 26 heavy (non-hydrogen) atoms. The van der Waals surface area contributed by atoms with E-state index in [1.165, 1.54) is 11.3 Å². The number of nitrogens with zero attached hydrogens (tertiary/aromatic N) is 1. The Kier molecular flexibility index (Phi) is 4.37. The average Bonchev–Trinajstić information content (AvgIpc) is 3.25. The molecule has 0 aliphatic rings. The molecule has 2 aromatic heterocycles.